The van der Waals surface area contributed by atoms with Gasteiger partial charge in [0, 0.05) is 64.9 Å². The van der Waals surface area contributed by atoms with Gasteiger partial charge in [-0.15, -0.1) is 0 Å². The molecule has 4 nitrogen and oxygen atoms in total. The van der Waals surface area contributed by atoms with Crippen molar-refractivity contribution < 1.29 is 0 Å². The summed E-state index contributed by atoms with van der Waals surface area (Å²) in [5.74, 6) is 0.749. The molecular weight excluding hydrogens is 440 g/mol. The number of hydrogen-bond donors (Lipinski definition) is 2. The molecule has 7 rings (SSSR count). The molecule has 1 atom stereocenters. The molecule has 182 valence electrons. The summed E-state index contributed by atoms with van der Waals surface area (Å²) in [6.45, 7) is 5.84. The van der Waals surface area contributed by atoms with E-state index >= 15 is 0 Å². The summed E-state index contributed by atoms with van der Waals surface area (Å²) < 4.78 is 0. The summed E-state index contributed by atoms with van der Waals surface area (Å²) in [7, 11) is 0. The average Bonchev–Trinajstić information content (AvgIpc) is 3.69. The molecule has 36 heavy (non-hydrogen) atoms. The number of anilines is 1. The molecular formula is C32H34N4. The van der Waals surface area contributed by atoms with Crippen LogP contribution in [0, 0.1) is 5.92 Å². The Labute approximate surface area is 212 Å². The third-order valence-electron chi connectivity index (χ3n) is 8.84. The molecule has 0 spiro atoms. The summed E-state index contributed by atoms with van der Waals surface area (Å²) in [6, 6.07) is 28.5. The van der Waals surface area contributed by atoms with E-state index in [1.165, 1.54) is 64.7 Å². The predicted octanol–water partition coefficient (Wildman–Crippen LogP) is 6.56. The number of nitrogens with zero attached hydrogens (tertiary/aromatic N) is 2. The lowest BCUT2D eigenvalue weighted by molar-refractivity contribution is 0.161. The van der Waals surface area contributed by atoms with Crippen LogP contribution in [0.1, 0.15) is 30.4 Å². The van der Waals surface area contributed by atoms with E-state index in [1.807, 2.05) is 0 Å². The Morgan fingerprint density at radius 2 is 1.28 bits per heavy atom. The van der Waals surface area contributed by atoms with Crippen LogP contribution in [0.5, 0.6) is 0 Å². The Morgan fingerprint density at radius 1 is 0.694 bits per heavy atom. The molecule has 4 heterocycles. The summed E-state index contributed by atoms with van der Waals surface area (Å²) in [6.07, 6.45) is 8.16. The molecule has 0 amide bonds. The topological polar surface area (TPSA) is 38.1 Å². The summed E-state index contributed by atoms with van der Waals surface area (Å²) in [4.78, 5) is 12.5. The monoisotopic (exact) mass is 474 g/mol. The van der Waals surface area contributed by atoms with Crippen LogP contribution in [0.4, 0.5) is 5.69 Å². The highest BCUT2D eigenvalue weighted by Gasteiger charge is 2.41. The van der Waals surface area contributed by atoms with E-state index in [4.69, 9.17) is 0 Å². The van der Waals surface area contributed by atoms with Crippen molar-refractivity contribution >= 4 is 27.5 Å². The third kappa shape index (κ3) is 3.63. The lowest BCUT2D eigenvalue weighted by atomic mass is 9.67. The molecule has 4 heteroatoms. The highest BCUT2D eigenvalue weighted by atomic mass is 15.2. The zero-order valence-electron chi connectivity index (χ0n) is 20.8. The molecule has 0 aliphatic carbocycles. The molecule has 2 aliphatic rings. The fraction of sp³-hybridized carbons (Fsp3) is 0.312. The molecule has 2 saturated heterocycles. The lowest BCUT2D eigenvalue weighted by Gasteiger charge is -2.43. The zero-order valence-corrected chi connectivity index (χ0v) is 20.8. The first-order valence-corrected chi connectivity index (χ1v) is 13.5. The van der Waals surface area contributed by atoms with Gasteiger partial charge in [0.2, 0.25) is 0 Å². The van der Waals surface area contributed by atoms with E-state index in [9.17, 15) is 0 Å². The maximum absolute atomic E-state index is 3.58. The molecule has 2 aliphatic heterocycles. The van der Waals surface area contributed by atoms with Crippen molar-refractivity contribution in [3.63, 3.8) is 0 Å². The van der Waals surface area contributed by atoms with Crippen molar-refractivity contribution in [1.82, 2.24) is 14.9 Å². The Kier molecular flexibility index (Phi) is 5.36. The third-order valence-corrected chi connectivity index (χ3v) is 8.84. The zero-order chi connectivity index (χ0) is 24.0. The maximum Gasteiger partial charge on any atom is 0.0457 e. The largest absolute Gasteiger partial charge is 0.371 e. The second-order valence-electron chi connectivity index (χ2n) is 10.8. The summed E-state index contributed by atoms with van der Waals surface area (Å²) in [5.41, 5.74) is 6.78. The molecule has 3 aromatic carbocycles. The van der Waals surface area contributed by atoms with Crippen molar-refractivity contribution in [2.24, 2.45) is 5.92 Å². The number of H-pyrrole nitrogens is 2. The van der Waals surface area contributed by atoms with Crippen LogP contribution in [-0.2, 0) is 5.41 Å². The molecule has 0 radical (unpaired) electrons. The van der Waals surface area contributed by atoms with Gasteiger partial charge in [-0.3, -0.25) is 0 Å². The fourth-order valence-corrected chi connectivity index (χ4v) is 6.96. The van der Waals surface area contributed by atoms with Crippen molar-refractivity contribution in [2.75, 3.05) is 37.6 Å². The van der Waals surface area contributed by atoms with Crippen molar-refractivity contribution in [1.29, 1.82) is 0 Å². The van der Waals surface area contributed by atoms with Gasteiger partial charge in [0.15, 0.2) is 0 Å². The molecule has 0 bridgehead atoms. The van der Waals surface area contributed by atoms with Crippen molar-refractivity contribution in [3.8, 4) is 0 Å². The second kappa shape index (κ2) is 8.86. The fourth-order valence-electron chi connectivity index (χ4n) is 6.96. The highest BCUT2D eigenvalue weighted by Crippen LogP contribution is 2.47. The van der Waals surface area contributed by atoms with Gasteiger partial charge in [-0.25, -0.2) is 0 Å². The van der Waals surface area contributed by atoms with Gasteiger partial charge < -0.3 is 19.8 Å². The number of para-hydroxylation sites is 3. The molecule has 0 unspecified atom stereocenters. The number of aromatic nitrogens is 2. The van der Waals surface area contributed by atoms with Crippen LogP contribution in [0.15, 0.2) is 91.3 Å². The minimum atomic E-state index is 0.0153. The predicted molar refractivity (Wildman–Crippen MR) is 150 cm³/mol. The number of likely N-dealkylation sites (tertiary alicyclic amines) is 1. The Hall–Kier alpha value is -3.50. The quantitative estimate of drug-likeness (QED) is 0.303. The van der Waals surface area contributed by atoms with Crippen LogP contribution >= 0.6 is 0 Å². The van der Waals surface area contributed by atoms with Gasteiger partial charge in [-0.2, -0.15) is 0 Å². The first-order chi connectivity index (χ1) is 17.8. The number of fused-ring (bicyclic) bond motifs is 2. The Bertz CT molecular complexity index is 1400. The lowest BCUT2D eigenvalue weighted by Crippen LogP contribution is -2.45. The first kappa shape index (κ1) is 21.8. The Balaban J connectivity index is 1.16. The van der Waals surface area contributed by atoms with Crippen molar-refractivity contribution in [2.45, 2.75) is 24.7 Å². The number of piperidine rings is 1. The van der Waals surface area contributed by atoms with Crippen LogP contribution in [-0.4, -0.2) is 47.6 Å². The van der Waals surface area contributed by atoms with E-state index in [2.05, 4.69) is 111 Å². The van der Waals surface area contributed by atoms with E-state index in [-0.39, 0.29) is 5.41 Å². The SMILES string of the molecule is c1ccc(N2CC[C@H](CN3CCC(c4c[nH]c5ccccc45)(c4c[nH]c5ccccc45)CC3)C2)cc1. The van der Waals surface area contributed by atoms with Gasteiger partial charge in [-0.1, -0.05) is 54.6 Å². The number of nitrogens with one attached hydrogen (secondary N) is 2. The first-order valence-electron chi connectivity index (χ1n) is 13.5. The highest BCUT2D eigenvalue weighted by molar-refractivity contribution is 5.89. The molecule has 2 N–H and O–H groups in total. The van der Waals surface area contributed by atoms with Gasteiger partial charge >= 0.3 is 0 Å². The van der Waals surface area contributed by atoms with E-state index in [0.717, 1.165) is 31.8 Å². The smallest absolute Gasteiger partial charge is 0.0457 e. The summed E-state index contributed by atoms with van der Waals surface area (Å²) in [5, 5.41) is 2.73. The van der Waals surface area contributed by atoms with Gasteiger partial charge in [0.25, 0.3) is 0 Å². The maximum atomic E-state index is 3.58. The van der Waals surface area contributed by atoms with Crippen LogP contribution in [0.3, 0.4) is 0 Å². The van der Waals surface area contributed by atoms with Gasteiger partial charge in [0.05, 0.1) is 0 Å². The van der Waals surface area contributed by atoms with Gasteiger partial charge in [-0.05, 0) is 73.7 Å². The number of hydrogen-bond acceptors (Lipinski definition) is 2. The van der Waals surface area contributed by atoms with Crippen LogP contribution < -0.4 is 4.90 Å². The normalized spacial score (nSPS) is 20.4. The molecule has 0 saturated carbocycles. The summed E-state index contributed by atoms with van der Waals surface area (Å²) >= 11 is 0. The van der Waals surface area contributed by atoms with E-state index < -0.39 is 0 Å². The van der Waals surface area contributed by atoms with Crippen LogP contribution in [0.2, 0.25) is 0 Å². The Morgan fingerprint density at radius 3 is 1.92 bits per heavy atom. The molecule has 2 fully saturated rings. The number of rotatable bonds is 5. The van der Waals surface area contributed by atoms with Gasteiger partial charge in [0.1, 0.15) is 0 Å². The second-order valence-corrected chi connectivity index (χ2v) is 10.8. The number of aromatic amines is 2. The minimum absolute atomic E-state index is 0.0153. The van der Waals surface area contributed by atoms with Crippen molar-refractivity contribution in [3.05, 3.63) is 102 Å². The standard InChI is InChI=1S/C32H34N4/c1-2-8-25(9-3-1)36-17-14-24(23-36)22-35-18-15-32(16-19-35,28-20-33-30-12-6-4-10-26(28)30)29-21-34-31-13-7-5-11-27(29)31/h1-13,20-21,24,33-34H,14-19,22-23H2/t24-/m1/s1. The number of benzene rings is 3. The van der Waals surface area contributed by atoms with Crippen LogP contribution in [0.25, 0.3) is 21.8 Å². The molecule has 5 aromatic rings. The average molecular weight is 475 g/mol. The molecule has 2 aromatic heterocycles. The van der Waals surface area contributed by atoms with E-state index in [0.29, 0.717) is 0 Å². The van der Waals surface area contributed by atoms with E-state index in [1.54, 1.807) is 0 Å². The minimum Gasteiger partial charge on any atom is -0.371 e.